The number of nitrogens with one attached hydrogen (secondary N) is 1. The van der Waals surface area contributed by atoms with Crippen molar-refractivity contribution in [1.82, 2.24) is 4.98 Å². The second kappa shape index (κ2) is 2.64. The van der Waals surface area contributed by atoms with Crippen molar-refractivity contribution in [3.63, 3.8) is 0 Å². The molecular weight excluding hydrogens is 148 g/mol. The average molecular weight is 160 g/mol. The Bertz CT molecular complexity index is 401. The minimum Gasteiger partial charge on any atom is -0.359 e. The Morgan fingerprint density at radius 2 is 2.17 bits per heavy atom. The first-order chi connectivity index (χ1) is 5.79. The van der Waals surface area contributed by atoms with E-state index in [1.807, 2.05) is 0 Å². The molecule has 2 nitrogen and oxygen atoms in total. The minimum atomic E-state index is 0.605. The van der Waals surface area contributed by atoms with E-state index in [9.17, 15) is 0 Å². The zero-order valence-corrected chi connectivity index (χ0v) is 7.09. The van der Waals surface area contributed by atoms with Gasteiger partial charge < -0.3 is 10.7 Å². The smallest absolute Gasteiger partial charge is 0.0459 e. The molecule has 62 valence electrons. The van der Waals surface area contributed by atoms with Crippen molar-refractivity contribution in [2.24, 2.45) is 5.73 Å². The van der Waals surface area contributed by atoms with Gasteiger partial charge in [0.05, 0.1) is 0 Å². The van der Waals surface area contributed by atoms with E-state index in [0.717, 1.165) is 0 Å². The van der Waals surface area contributed by atoms with E-state index in [1.165, 1.54) is 22.2 Å². The molecule has 2 aromatic rings. The van der Waals surface area contributed by atoms with E-state index in [1.54, 1.807) is 0 Å². The highest BCUT2D eigenvalue weighted by Gasteiger charge is 1.97. The summed E-state index contributed by atoms with van der Waals surface area (Å²) < 4.78 is 0. The molecule has 1 aromatic carbocycles. The lowest BCUT2D eigenvalue weighted by molar-refractivity contribution is 1.07. The van der Waals surface area contributed by atoms with Gasteiger partial charge in [0.2, 0.25) is 0 Å². The highest BCUT2D eigenvalue weighted by atomic mass is 14.7. The molecule has 0 aliphatic rings. The number of aromatic nitrogens is 1. The van der Waals surface area contributed by atoms with Gasteiger partial charge in [0.1, 0.15) is 0 Å². The molecule has 0 spiro atoms. The maximum Gasteiger partial charge on any atom is 0.0459 e. The van der Waals surface area contributed by atoms with Crippen molar-refractivity contribution in [3.8, 4) is 0 Å². The fraction of sp³-hybridized carbons (Fsp3) is 0.200. The Kier molecular flexibility index (Phi) is 1.62. The van der Waals surface area contributed by atoms with Crippen LogP contribution >= 0.6 is 0 Å². The third-order valence-corrected chi connectivity index (χ3v) is 2.06. The molecule has 2 heteroatoms. The maximum atomic E-state index is 5.53. The molecule has 0 aliphatic heterocycles. The highest BCUT2D eigenvalue weighted by Crippen LogP contribution is 2.16. The van der Waals surface area contributed by atoms with Crippen molar-refractivity contribution in [2.75, 3.05) is 0 Å². The van der Waals surface area contributed by atoms with Crippen molar-refractivity contribution >= 4 is 10.9 Å². The van der Waals surface area contributed by atoms with Gasteiger partial charge in [-0.3, -0.25) is 0 Å². The van der Waals surface area contributed by atoms with Gasteiger partial charge in [-0.05, 0) is 30.0 Å². The predicted molar refractivity (Wildman–Crippen MR) is 50.9 cm³/mol. The Labute approximate surface area is 71.4 Å². The van der Waals surface area contributed by atoms with Crippen molar-refractivity contribution in [3.05, 3.63) is 35.5 Å². The number of H-pyrrole nitrogens is 1. The summed E-state index contributed by atoms with van der Waals surface area (Å²) in [7, 11) is 0. The number of aryl methyl sites for hydroxylation is 1. The SMILES string of the molecule is Cc1cc2ccc(CN)cc2[nH]1. The summed E-state index contributed by atoms with van der Waals surface area (Å²) >= 11 is 0. The summed E-state index contributed by atoms with van der Waals surface area (Å²) in [4.78, 5) is 3.28. The van der Waals surface area contributed by atoms with E-state index in [-0.39, 0.29) is 0 Å². The summed E-state index contributed by atoms with van der Waals surface area (Å²) in [6.07, 6.45) is 0. The van der Waals surface area contributed by atoms with E-state index < -0.39 is 0 Å². The van der Waals surface area contributed by atoms with Crippen LogP contribution in [0.2, 0.25) is 0 Å². The molecule has 0 atom stereocenters. The molecule has 3 N–H and O–H groups in total. The van der Waals surface area contributed by atoms with Crippen LogP contribution in [0.5, 0.6) is 0 Å². The lowest BCUT2D eigenvalue weighted by Crippen LogP contribution is -1.94. The first-order valence-corrected chi connectivity index (χ1v) is 4.08. The van der Waals surface area contributed by atoms with Crippen LogP contribution in [-0.4, -0.2) is 4.98 Å². The van der Waals surface area contributed by atoms with Gasteiger partial charge in [0, 0.05) is 17.8 Å². The number of hydrogen-bond donors (Lipinski definition) is 2. The van der Waals surface area contributed by atoms with Crippen molar-refractivity contribution < 1.29 is 0 Å². The fourth-order valence-electron chi connectivity index (χ4n) is 1.45. The average Bonchev–Trinajstić information content (AvgIpc) is 2.43. The van der Waals surface area contributed by atoms with Crippen LogP contribution < -0.4 is 5.73 Å². The Balaban J connectivity index is 2.66. The third-order valence-electron chi connectivity index (χ3n) is 2.06. The van der Waals surface area contributed by atoms with Gasteiger partial charge in [0.15, 0.2) is 0 Å². The molecule has 2 rings (SSSR count). The van der Waals surface area contributed by atoms with Crippen LogP contribution in [-0.2, 0) is 6.54 Å². The minimum absolute atomic E-state index is 0.605. The molecule has 1 heterocycles. The largest absolute Gasteiger partial charge is 0.359 e. The zero-order chi connectivity index (χ0) is 8.55. The van der Waals surface area contributed by atoms with Gasteiger partial charge in [-0.1, -0.05) is 12.1 Å². The quantitative estimate of drug-likeness (QED) is 0.657. The van der Waals surface area contributed by atoms with Gasteiger partial charge in [-0.25, -0.2) is 0 Å². The Morgan fingerprint density at radius 1 is 1.33 bits per heavy atom. The third kappa shape index (κ3) is 1.10. The van der Waals surface area contributed by atoms with Crippen LogP contribution in [0.1, 0.15) is 11.3 Å². The number of nitrogens with two attached hydrogens (primary N) is 1. The van der Waals surface area contributed by atoms with Crippen LogP contribution in [0.4, 0.5) is 0 Å². The Hall–Kier alpha value is -1.28. The van der Waals surface area contributed by atoms with Crippen LogP contribution in [0.15, 0.2) is 24.3 Å². The second-order valence-electron chi connectivity index (χ2n) is 3.08. The lowest BCUT2D eigenvalue weighted by Gasteiger charge is -1.95. The first kappa shape index (κ1) is 7.37. The molecule has 0 unspecified atom stereocenters. The number of hydrogen-bond acceptors (Lipinski definition) is 1. The Morgan fingerprint density at radius 3 is 2.92 bits per heavy atom. The monoisotopic (exact) mass is 160 g/mol. The molecule has 0 radical (unpaired) electrons. The number of fused-ring (bicyclic) bond motifs is 1. The normalized spacial score (nSPS) is 10.8. The molecule has 0 amide bonds. The van der Waals surface area contributed by atoms with E-state index in [2.05, 4.69) is 36.2 Å². The zero-order valence-electron chi connectivity index (χ0n) is 7.09. The summed E-state index contributed by atoms with van der Waals surface area (Å²) in [5, 5.41) is 1.25. The van der Waals surface area contributed by atoms with Gasteiger partial charge >= 0.3 is 0 Å². The predicted octanol–water partition coefficient (Wildman–Crippen LogP) is 1.94. The van der Waals surface area contributed by atoms with Crippen LogP contribution in [0.3, 0.4) is 0 Å². The standard InChI is InChI=1S/C10H12N2/c1-7-4-9-3-2-8(6-11)5-10(9)12-7/h2-5,12H,6,11H2,1H3. The number of aromatic amines is 1. The summed E-state index contributed by atoms with van der Waals surface area (Å²) in [5.41, 5.74) is 9.07. The molecule has 0 saturated carbocycles. The summed E-state index contributed by atoms with van der Waals surface area (Å²) in [5.74, 6) is 0. The summed E-state index contributed by atoms with van der Waals surface area (Å²) in [6.45, 7) is 2.66. The van der Waals surface area contributed by atoms with Gasteiger partial charge in [-0.15, -0.1) is 0 Å². The van der Waals surface area contributed by atoms with Gasteiger partial charge in [-0.2, -0.15) is 0 Å². The number of benzene rings is 1. The molecule has 0 fully saturated rings. The van der Waals surface area contributed by atoms with Crippen LogP contribution in [0.25, 0.3) is 10.9 Å². The van der Waals surface area contributed by atoms with E-state index in [4.69, 9.17) is 5.73 Å². The molecule has 0 bridgehead atoms. The summed E-state index contributed by atoms with van der Waals surface area (Å²) in [6, 6.07) is 8.40. The molecule has 12 heavy (non-hydrogen) atoms. The fourth-order valence-corrected chi connectivity index (χ4v) is 1.45. The maximum absolute atomic E-state index is 5.53. The molecular formula is C10H12N2. The van der Waals surface area contributed by atoms with Crippen molar-refractivity contribution in [2.45, 2.75) is 13.5 Å². The van der Waals surface area contributed by atoms with Crippen molar-refractivity contribution in [1.29, 1.82) is 0 Å². The van der Waals surface area contributed by atoms with E-state index >= 15 is 0 Å². The molecule has 0 aliphatic carbocycles. The second-order valence-corrected chi connectivity index (χ2v) is 3.08. The van der Waals surface area contributed by atoms with E-state index in [0.29, 0.717) is 6.54 Å². The van der Waals surface area contributed by atoms with Gasteiger partial charge in [0.25, 0.3) is 0 Å². The molecule has 0 saturated heterocycles. The lowest BCUT2D eigenvalue weighted by atomic mass is 10.2. The highest BCUT2D eigenvalue weighted by molar-refractivity contribution is 5.80. The molecule has 1 aromatic heterocycles. The number of rotatable bonds is 1. The first-order valence-electron chi connectivity index (χ1n) is 4.08. The topological polar surface area (TPSA) is 41.8 Å². The van der Waals surface area contributed by atoms with Crippen LogP contribution in [0, 0.1) is 6.92 Å².